The molecule has 0 amide bonds. The maximum Gasteiger partial charge on any atom is 0.158 e. The van der Waals surface area contributed by atoms with E-state index in [-0.39, 0.29) is 28.6 Å². The predicted molar refractivity (Wildman–Crippen MR) is 127 cm³/mol. The number of allylic oxidation sites excluding steroid dienone is 2. The summed E-state index contributed by atoms with van der Waals surface area (Å²) in [5, 5.41) is 0. The molecule has 0 aromatic heterocycles. The Morgan fingerprint density at radius 1 is 0.828 bits per heavy atom. The first-order valence-electron chi connectivity index (χ1n) is 11.5. The molecular formula is C27H50O2. The second kappa shape index (κ2) is 9.69. The molecule has 3 atom stereocenters. The first-order chi connectivity index (χ1) is 12.9. The lowest BCUT2D eigenvalue weighted by Gasteiger charge is -2.38. The van der Waals surface area contributed by atoms with Gasteiger partial charge < -0.3 is 9.47 Å². The highest BCUT2D eigenvalue weighted by atomic mass is 16.7. The van der Waals surface area contributed by atoms with Gasteiger partial charge in [-0.25, -0.2) is 0 Å². The van der Waals surface area contributed by atoms with Gasteiger partial charge in [0.15, 0.2) is 6.29 Å². The van der Waals surface area contributed by atoms with Crippen molar-refractivity contribution in [1.82, 2.24) is 0 Å². The molecule has 1 aliphatic carbocycles. The quantitative estimate of drug-likeness (QED) is 0.397. The highest BCUT2D eigenvalue weighted by Gasteiger charge is 2.32. The van der Waals surface area contributed by atoms with Gasteiger partial charge in [0.2, 0.25) is 0 Å². The van der Waals surface area contributed by atoms with Crippen LogP contribution in [0.25, 0.3) is 0 Å². The van der Waals surface area contributed by atoms with E-state index in [0.717, 1.165) is 12.8 Å². The summed E-state index contributed by atoms with van der Waals surface area (Å²) in [4.78, 5) is 0. The zero-order chi connectivity index (χ0) is 22.7. The zero-order valence-electron chi connectivity index (χ0n) is 21.6. The monoisotopic (exact) mass is 406 g/mol. The van der Waals surface area contributed by atoms with Crippen LogP contribution in [0, 0.1) is 27.6 Å². The van der Waals surface area contributed by atoms with Crippen LogP contribution in [0.1, 0.15) is 102 Å². The van der Waals surface area contributed by atoms with Gasteiger partial charge in [-0.15, -0.1) is 0 Å². The largest absolute Gasteiger partial charge is 0.352 e. The van der Waals surface area contributed by atoms with Crippen LogP contribution in [0.4, 0.5) is 0 Å². The average molecular weight is 407 g/mol. The fourth-order valence-electron chi connectivity index (χ4n) is 3.70. The van der Waals surface area contributed by atoms with Crippen LogP contribution in [-0.4, -0.2) is 19.0 Å². The third kappa shape index (κ3) is 11.4. The fraction of sp³-hybridized carbons (Fsp3) is 0.852. The molecule has 0 aliphatic heterocycles. The zero-order valence-corrected chi connectivity index (χ0v) is 21.6. The molecule has 1 rings (SSSR count). The van der Waals surface area contributed by atoms with Gasteiger partial charge in [0.1, 0.15) is 0 Å². The minimum absolute atomic E-state index is 0.0984. The Kier molecular flexibility index (Phi) is 8.83. The van der Waals surface area contributed by atoms with Crippen molar-refractivity contribution in [3.8, 4) is 0 Å². The first kappa shape index (κ1) is 26.4. The maximum absolute atomic E-state index is 6.42. The maximum atomic E-state index is 6.42. The molecule has 0 spiro atoms. The average Bonchev–Trinajstić information content (AvgIpc) is 2.47. The van der Waals surface area contributed by atoms with Gasteiger partial charge in [-0.1, -0.05) is 101 Å². The molecule has 0 heterocycles. The lowest BCUT2D eigenvalue weighted by atomic mass is 9.68. The van der Waals surface area contributed by atoms with Crippen LogP contribution in [0.15, 0.2) is 23.8 Å². The van der Waals surface area contributed by atoms with E-state index in [0.29, 0.717) is 17.9 Å². The molecule has 29 heavy (non-hydrogen) atoms. The van der Waals surface area contributed by atoms with E-state index in [1.807, 2.05) is 0 Å². The Balaban J connectivity index is 2.83. The van der Waals surface area contributed by atoms with Crippen molar-refractivity contribution < 1.29 is 9.47 Å². The van der Waals surface area contributed by atoms with Gasteiger partial charge in [0, 0.05) is 6.42 Å². The van der Waals surface area contributed by atoms with Crippen LogP contribution >= 0.6 is 0 Å². The summed E-state index contributed by atoms with van der Waals surface area (Å²) in [7, 11) is 0. The van der Waals surface area contributed by atoms with Gasteiger partial charge in [0.25, 0.3) is 0 Å². The van der Waals surface area contributed by atoms with Gasteiger partial charge in [-0.3, -0.25) is 0 Å². The van der Waals surface area contributed by atoms with Crippen molar-refractivity contribution >= 4 is 0 Å². The minimum atomic E-state index is -0.160. The van der Waals surface area contributed by atoms with E-state index in [4.69, 9.17) is 9.47 Å². The van der Waals surface area contributed by atoms with Crippen molar-refractivity contribution in [1.29, 1.82) is 0 Å². The second-order valence-corrected chi connectivity index (χ2v) is 13.7. The van der Waals surface area contributed by atoms with Crippen molar-refractivity contribution in [2.24, 2.45) is 27.6 Å². The van der Waals surface area contributed by atoms with Gasteiger partial charge in [-0.05, 0) is 46.0 Å². The third-order valence-corrected chi connectivity index (χ3v) is 5.16. The molecule has 0 saturated heterocycles. The van der Waals surface area contributed by atoms with Crippen LogP contribution in [0.5, 0.6) is 0 Å². The number of ether oxygens (including phenoxy) is 2. The van der Waals surface area contributed by atoms with E-state index >= 15 is 0 Å². The molecule has 0 fully saturated rings. The highest BCUT2D eigenvalue weighted by molar-refractivity contribution is 5.28. The van der Waals surface area contributed by atoms with E-state index < -0.39 is 0 Å². The van der Waals surface area contributed by atoms with E-state index in [1.54, 1.807) is 0 Å². The Bertz CT molecular complexity index is 555. The van der Waals surface area contributed by atoms with Gasteiger partial charge in [-0.2, -0.15) is 0 Å². The number of rotatable bonds is 7. The van der Waals surface area contributed by atoms with E-state index in [2.05, 4.69) is 101 Å². The molecule has 170 valence electrons. The van der Waals surface area contributed by atoms with Crippen LogP contribution in [-0.2, 0) is 9.47 Å². The lowest BCUT2D eigenvalue weighted by Crippen LogP contribution is -2.32. The van der Waals surface area contributed by atoms with Crippen LogP contribution in [0.2, 0.25) is 0 Å². The van der Waals surface area contributed by atoms with Crippen molar-refractivity contribution in [3.05, 3.63) is 23.8 Å². The summed E-state index contributed by atoms with van der Waals surface area (Å²) in [6, 6.07) is 0. The molecule has 1 aliphatic rings. The molecule has 3 unspecified atom stereocenters. The molecule has 0 bridgehead atoms. The first-order valence-corrected chi connectivity index (χ1v) is 11.5. The Morgan fingerprint density at radius 3 is 1.76 bits per heavy atom. The van der Waals surface area contributed by atoms with Crippen molar-refractivity contribution in [3.63, 3.8) is 0 Å². The highest BCUT2D eigenvalue weighted by Crippen LogP contribution is 2.42. The predicted octanol–water partition coefficient (Wildman–Crippen LogP) is 8.18. The Labute approximate surface area is 182 Å². The summed E-state index contributed by atoms with van der Waals surface area (Å²) in [5.41, 5.74) is 2.35. The molecular weight excluding hydrogens is 356 g/mol. The number of hydrogen-bond acceptors (Lipinski definition) is 2. The summed E-state index contributed by atoms with van der Waals surface area (Å²) < 4.78 is 12.6. The fourth-order valence-corrected chi connectivity index (χ4v) is 3.70. The van der Waals surface area contributed by atoms with E-state index in [1.165, 1.54) is 12.0 Å². The molecule has 0 aromatic carbocycles. The molecule has 2 heteroatoms. The summed E-state index contributed by atoms with van der Waals surface area (Å²) >= 11 is 0. The minimum Gasteiger partial charge on any atom is -0.352 e. The second-order valence-electron chi connectivity index (χ2n) is 13.7. The van der Waals surface area contributed by atoms with Gasteiger partial charge >= 0.3 is 0 Å². The summed E-state index contributed by atoms with van der Waals surface area (Å²) in [6.45, 7) is 28.2. The Hall–Kier alpha value is -0.600. The molecule has 0 aromatic rings. The topological polar surface area (TPSA) is 18.5 Å². The van der Waals surface area contributed by atoms with Crippen molar-refractivity contribution in [2.45, 2.75) is 115 Å². The summed E-state index contributed by atoms with van der Waals surface area (Å²) in [6.07, 6.45) is 9.94. The SMILES string of the molecule is CC(C)(C)COC(CC(C)(C)C)OC1C=CC(C(CC(C)(C)C)C(C)(C)C)=CC1. The van der Waals surface area contributed by atoms with Crippen molar-refractivity contribution in [2.75, 3.05) is 6.61 Å². The van der Waals surface area contributed by atoms with Gasteiger partial charge in [0.05, 0.1) is 12.7 Å². The molecule has 0 radical (unpaired) electrons. The van der Waals surface area contributed by atoms with Crippen LogP contribution < -0.4 is 0 Å². The molecule has 2 nitrogen and oxygen atoms in total. The third-order valence-electron chi connectivity index (χ3n) is 5.16. The van der Waals surface area contributed by atoms with Crippen LogP contribution in [0.3, 0.4) is 0 Å². The van der Waals surface area contributed by atoms with E-state index in [9.17, 15) is 0 Å². The molecule has 0 saturated carbocycles. The summed E-state index contributed by atoms with van der Waals surface area (Å²) in [5.74, 6) is 0.558. The molecule has 0 N–H and O–H groups in total. The Morgan fingerprint density at radius 2 is 1.38 bits per heavy atom. The smallest absolute Gasteiger partial charge is 0.158 e. The lowest BCUT2D eigenvalue weighted by molar-refractivity contribution is -0.185. The standard InChI is InChI=1S/C27H50O2/c1-24(2,3)17-22(27(10,11)12)20-13-15-21(16-14-20)29-23(18-25(4,5)6)28-19-26(7,8)9/h13-15,21-23H,16-19H2,1-12H3. The number of hydrogen-bond donors (Lipinski definition) is 0. The normalized spacial score (nSPS) is 21.1.